The lowest BCUT2D eigenvalue weighted by Crippen LogP contribution is -2.34. The molecule has 0 bridgehead atoms. The zero-order valence-electron chi connectivity index (χ0n) is 16.4. The lowest BCUT2D eigenvalue weighted by molar-refractivity contribution is -0.119. The number of aromatic amines is 1. The predicted octanol–water partition coefficient (Wildman–Crippen LogP) is 0.818. The number of carbonyl (C=O) groups is 1. The Kier molecular flexibility index (Phi) is 4.61. The van der Waals surface area contributed by atoms with Crippen molar-refractivity contribution in [3.05, 3.63) is 61.6 Å². The molecule has 1 unspecified atom stereocenters. The van der Waals surface area contributed by atoms with Crippen LogP contribution >= 0.6 is 0 Å². The Bertz CT molecular complexity index is 1220. The third-order valence-electron chi connectivity index (χ3n) is 4.87. The van der Waals surface area contributed by atoms with Crippen LogP contribution in [0.25, 0.3) is 5.95 Å². The second kappa shape index (κ2) is 7.12. The third-order valence-corrected chi connectivity index (χ3v) is 4.87. The van der Waals surface area contributed by atoms with Crippen molar-refractivity contribution in [1.29, 1.82) is 0 Å². The molecule has 1 atom stereocenters. The van der Waals surface area contributed by atoms with Gasteiger partial charge in [0.1, 0.15) is 11.9 Å². The first kappa shape index (κ1) is 18.8. The molecule has 0 aromatic carbocycles. The van der Waals surface area contributed by atoms with E-state index >= 15 is 0 Å². The number of fused-ring (bicyclic) bond motifs is 1. The molecule has 3 aromatic rings. The Morgan fingerprint density at radius 1 is 1.14 bits per heavy atom. The molecular formula is C19H21N7O3. The SMILES string of the molecule is Cc1cc(=O)[nH]c(-n2nc(C)cc2NC(=O)C(C)n2nc3c(cc2=O)CCC3)n1. The van der Waals surface area contributed by atoms with Gasteiger partial charge in [-0.25, -0.2) is 9.67 Å². The number of anilines is 1. The molecule has 4 rings (SSSR count). The summed E-state index contributed by atoms with van der Waals surface area (Å²) in [6.07, 6.45) is 2.62. The van der Waals surface area contributed by atoms with Crippen molar-refractivity contribution >= 4 is 11.7 Å². The summed E-state index contributed by atoms with van der Waals surface area (Å²) < 4.78 is 2.56. The Balaban J connectivity index is 1.64. The normalized spacial score (nSPS) is 13.9. The first-order valence-corrected chi connectivity index (χ1v) is 9.39. The van der Waals surface area contributed by atoms with Gasteiger partial charge < -0.3 is 5.32 Å². The summed E-state index contributed by atoms with van der Waals surface area (Å²) in [4.78, 5) is 43.9. The number of rotatable bonds is 4. The highest BCUT2D eigenvalue weighted by Crippen LogP contribution is 2.19. The van der Waals surface area contributed by atoms with Gasteiger partial charge in [-0.05, 0) is 45.6 Å². The van der Waals surface area contributed by atoms with E-state index in [4.69, 9.17) is 0 Å². The summed E-state index contributed by atoms with van der Waals surface area (Å²) in [7, 11) is 0. The van der Waals surface area contributed by atoms with Crippen molar-refractivity contribution in [3.63, 3.8) is 0 Å². The number of nitrogens with one attached hydrogen (secondary N) is 2. The van der Waals surface area contributed by atoms with Gasteiger partial charge in [-0.1, -0.05) is 0 Å². The fourth-order valence-corrected chi connectivity index (χ4v) is 3.45. The maximum atomic E-state index is 12.8. The van der Waals surface area contributed by atoms with Crippen LogP contribution in [0.1, 0.15) is 42.0 Å². The molecule has 1 aliphatic rings. The molecular weight excluding hydrogens is 374 g/mol. The topological polar surface area (TPSA) is 128 Å². The van der Waals surface area contributed by atoms with Crippen molar-refractivity contribution < 1.29 is 4.79 Å². The highest BCUT2D eigenvalue weighted by atomic mass is 16.2. The zero-order chi connectivity index (χ0) is 20.7. The lowest BCUT2D eigenvalue weighted by atomic mass is 10.2. The van der Waals surface area contributed by atoms with Gasteiger partial charge in [-0.2, -0.15) is 14.9 Å². The third kappa shape index (κ3) is 3.60. The average Bonchev–Trinajstić information content (AvgIpc) is 3.25. The van der Waals surface area contributed by atoms with Crippen LogP contribution in [0.3, 0.4) is 0 Å². The van der Waals surface area contributed by atoms with E-state index in [9.17, 15) is 14.4 Å². The van der Waals surface area contributed by atoms with Gasteiger partial charge in [-0.3, -0.25) is 19.4 Å². The van der Waals surface area contributed by atoms with Crippen molar-refractivity contribution in [2.75, 3.05) is 5.32 Å². The molecule has 29 heavy (non-hydrogen) atoms. The van der Waals surface area contributed by atoms with Crippen LogP contribution in [0, 0.1) is 13.8 Å². The van der Waals surface area contributed by atoms with E-state index in [2.05, 4.69) is 25.5 Å². The van der Waals surface area contributed by atoms with E-state index in [0.29, 0.717) is 17.2 Å². The fraction of sp³-hybridized carbons (Fsp3) is 0.368. The molecule has 0 saturated heterocycles. The number of aromatic nitrogens is 6. The Labute approximate surface area is 165 Å². The van der Waals surface area contributed by atoms with Gasteiger partial charge >= 0.3 is 0 Å². The molecule has 1 aliphatic carbocycles. The molecule has 150 valence electrons. The van der Waals surface area contributed by atoms with E-state index in [1.54, 1.807) is 32.9 Å². The molecule has 1 amide bonds. The number of amides is 1. The van der Waals surface area contributed by atoms with Gasteiger partial charge in [0.25, 0.3) is 11.1 Å². The maximum absolute atomic E-state index is 12.8. The second-order valence-electron chi connectivity index (χ2n) is 7.21. The largest absolute Gasteiger partial charge is 0.309 e. The fourth-order valence-electron chi connectivity index (χ4n) is 3.45. The van der Waals surface area contributed by atoms with E-state index in [-0.39, 0.29) is 17.1 Å². The van der Waals surface area contributed by atoms with Gasteiger partial charge in [-0.15, -0.1) is 0 Å². The van der Waals surface area contributed by atoms with Crippen molar-refractivity contribution in [3.8, 4) is 5.95 Å². The van der Waals surface area contributed by atoms with Crippen LogP contribution in [0.15, 0.2) is 27.8 Å². The predicted molar refractivity (Wildman–Crippen MR) is 105 cm³/mol. The number of nitrogens with zero attached hydrogens (tertiary/aromatic N) is 5. The van der Waals surface area contributed by atoms with E-state index in [0.717, 1.165) is 30.5 Å². The van der Waals surface area contributed by atoms with Crippen LogP contribution in [0.5, 0.6) is 0 Å². The summed E-state index contributed by atoms with van der Waals surface area (Å²) in [6, 6.07) is 3.77. The van der Waals surface area contributed by atoms with Gasteiger partial charge in [0.15, 0.2) is 0 Å². The van der Waals surface area contributed by atoms with Crippen LogP contribution in [-0.2, 0) is 17.6 Å². The number of hydrogen-bond acceptors (Lipinski definition) is 6. The van der Waals surface area contributed by atoms with E-state index in [1.165, 1.54) is 15.4 Å². The zero-order valence-corrected chi connectivity index (χ0v) is 16.4. The van der Waals surface area contributed by atoms with Crippen LogP contribution in [0.2, 0.25) is 0 Å². The average molecular weight is 395 g/mol. The lowest BCUT2D eigenvalue weighted by Gasteiger charge is -2.15. The Hall–Kier alpha value is -3.56. The maximum Gasteiger partial charge on any atom is 0.267 e. The summed E-state index contributed by atoms with van der Waals surface area (Å²) >= 11 is 0. The van der Waals surface area contributed by atoms with E-state index < -0.39 is 11.9 Å². The second-order valence-corrected chi connectivity index (χ2v) is 7.21. The summed E-state index contributed by atoms with van der Waals surface area (Å²) in [5.41, 5.74) is 2.36. The monoisotopic (exact) mass is 395 g/mol. The molecule has 0 aliphatic heterocycles. The van der Waals surface area contributed by atoms with Gasteiger partial charge in [0.2, 0.25) is 11.9 Å². The van der Waals surface area contributed by atoms with E-state index in [1.807, 2.05) is 0 Å². The molecule has 10 heteroatoms. The number of H-pyrrole nitrogens is 1. The molecule has 0 fully saturated rings. The van der Waals surface area contributed by atoms with Crippen molar-refractivity contribution in [2.24, 2.45) is 0 Å². The quantitative estimate of drug-likeness (QED) is 0.673. The standard InChI is InChI=1S/C19H21N7O3/c1-10-8-16(27)22-19(20-10)26-15(7-11(2)23-26)21-18(29)12(3)25-17(28)9-13-5-4-6-14(13)24-25/h7-9,12H,4-6H2,1-3H3,(H,21,29)(H,20,22,27). The summed E-state index contributed by atoms with van der Waals surface area (Å²) in [5.74, 6) is 0.106. The summed E-state index contributed by atoms with van der Waals surface area (Å²) in [5, 5.41) is 11.4. The van der Waals surface area contributed by atoms with Crippen LogP contribution in [0.4, 0.5) is 5.82 Å². The molecule has 10 nitrogen and oxygen atoms in total. The number of aryl methyl sites for hydroxylation is 4. The first-order chi connectivity index (χ1) is 13.8. The molecule has 2 N–H and O–H groups in total. The molecule has 3 aromatic heterocycles. The highest BCUT2D eigenvalue weighted by Gasteiger charge is 2.23. The summed E-state index contributed by atoms with van der Waals surface area (Å²) in [6.45, 7) is 5.07. The van der Waals surface area contributed by atoms with Crippen LogP contribution < -0.4 is 16.4 Å². The highest BCUT2D eigenvalue weighted by molar-refractivity contribution is 5.92. The minimum absolute atomic E-state index is 0.193. The number of carbonyl (C=O) groups excluding carboxylic acids is 1. The first-order valence-electron chi connectivity index (χ1n) is 9.39. The minimum Gasteiger partial charge on any atom is -0.309 e. The van der Waals surface area contributed by atoms with Crippen molar-refractivity contribution in [2.45, 2.75) is 46.1 Å². The minimum atomic E-state index is -0.818. The molecule has 0 radical (unpaired) electrons. The number of hydrogen-bond donors (Lipinski definition) is 2. The molecule has 0 saturated carbocycles. The van der Waals surface area contributed by atoms with Crippen LogP contribution in [-0.4, -0.2) is 35.4 Å². The van der Waals surface area contributed by atoms with Gasteiger partial charge in [0, 0.05) is 23.9 Å². The van der Waals surface area contributed by atoms with Gasteiger partial charge in [0.05, 0.1) is 11.4 Å². The smallest absolute Gasteiger partial charge is 0.267 e. The molecule has 0 spiro atoms. The van der Waals surface area contributed by atoms with Crippen molar-refractivity contribution in [1.82, 2.24) is 29.5 Å². The Morgan fingerprint density at radius 2 is 1.93 bits per heavy atom. The Morgan fingerprint density at radius 3 is 2.69 bits per heavy atom. The molecule has 3 heterocycles.